The highest BCUT2D eigenvalue weighted by atomic mass is 16.5. The van der Waals surface area contributed by atoms with Crippen LogP contribution in [0.1, 0.15) is 55.7 Å². The third-order valence-corrected chi connectivity index (χ3v) is 5.47. The van der Waals surface area contributed by atoms with Crippen molar-refractivity contribution in [2.75, 3.05) is 6.54 Å². The van der Waals surface area contributed by atoms with Crippen LogP contribution in [0.15, 0.2) is 42.5 Å². The molecule has 1 fully saturated rings. The Morgan fingerprint density at radius 1 is 1.24 bits per heavy atom. The van der Waals surface area contributed by atoms with Gasteiger partial charge in [0.1, 0.15) is 18.4 Å². The average molecular weight is 395 g/mol. The third kappa shape index (κ3) is 6.18. The van der Waals surface area contributed by atoms with Crippen LogP contribution >= 0.6 is 0 Å². The number of phenolic OH excluding ortho intramolecular Hbond substituents is 1. The van der Waals surface area contributed by atoms with Gasteiger partial charge in [-0.3, -0.25) is 4.79 Å². The normalized spacial score (nSPS) is 15.5. The van der Waals surface area contributed by atoms with E-state index in [0.29, 0.717) is 24.6 Å². The summed E-state index contributed by atoms with van der Waals surface area (Å²) in [5.41, 5.74) is 3.27. The molecule has 2 aromatic rings. The Kier molecular flexibility index (Phi) is 7.08. The highest BCUT2D eigenvalue weighted by Crippen LogP contribution is 2.44. The van der Waals surface area contributed by atoms with Gasteiger partial charge in [-0.15, -0.1) is 0 Å². The third-order valence-electron chi connectivity index (χ3n) is 5.47. The zero-order valence-corrected chi connectivity index (χ0v) is 17.5. The lowest BCUT2D eigenvalue weighted by atomic mass is 9.97. The molecule has 2 aromatic carbocycles. The van der Waals surface area contributed by atoms with Crippen LogP contribution in [-0.2, 0) is 17.6 Å². The molecule has 0 saturated heterocycles. The smallest absolute Gasteiger partial charge is 0.233 e. The number of phenols is 1. The van der Waals surface area contributed by atoms with E-state index in [4.69, 9.17) is 4.74 Å². The van der Waals surface area contributed by atoms with Gasteiger partial charge in [-0.2, -0.15) is 0 Å². The van der Waals surface area contributed by atoms with E-state index in [-0.39, 0.29) is 17.9 Å². The first kappa shape index (κ1) is 21.1. The number of carbonyl (C=O) groups is 1. The molecule has 154 valence electrons. The summed E-state index contributed by atoms with van der Waals surface area (Å²) in [5, 5.41) is 13.0. The number of carbonyl (C=O) groups excluding carboxylic acids is 1. The van der Waals surface area contributed by atoms with Gasteiger partial charge in [0.15, 0.2) is 0 Å². The van der Waals surface area contributed by atoms with Gasteiger partial charge in [-0.25, -0.2) is 0 Å². The quantitative estimate of drug-likeness (QED) is 0.569. The summed E-state index contributed by atoms with van der Waals surface area (Å²) in [7, 11) is 0. The summed E-state index contributed by atoms with van der Waals surface area (Å²) >= 11 is 0. The van der Waals surface area contributed by atoms with Gasteiger partial charge in [0, 0.05) is 18.9 Å². The van der Waals surface area contributed by atoms with Gasteiger partial charge < -0.3 is 15.2 Å². The van der Waals surface area contributed by atoms with E-state index < -0.39 is 0 Å². The molecule has 0 aliphatic heterocycles. The van der Waals surface area contributed by atoms with Gasteiger partial charge in [0.05, 0.1) is 0 Å². The maximum Gasteiger partial charge on any atom is 0.233 e. The maximum atomic E-state index is 12.5. The Bertz CT molecular complexity index is 829. The Hall–Kier alpha value is -2.62. The van der Waals surface area contributed by atoms with E-state index in [1.54, 1.807) is 6.07 Å². The summed E-state index contributed by atoms with van der Waals surface area (Å²) in [6, 6.07) is 13.7. The zero-order chi connectivity index (χ0) is 20.8. The minimum Gasteiger partial charge on any atom is -0.508 e. The zero-order valence-electron chi connectivity index (χ0n) is 17.5. The molecule has 0 radical (unpaired) electrons. The molecule has 29 heavy (non-hydrogen) atoms. The molecule has 3 rings (SSSR count). The molecule has 1 aliphatic carbocycles. The van der Waals surface area contributed by atoms with Gasteiger partial charge in [-0.05, 0) is 66.5 Å². The predicted molar refractivity (Wildman–Crippen MR) is 116 cm³/mol. The molecule has 2 unspecified atom stereocenters. The Morgan fingerprint density at radius 3 is 2.76 bits per heavy atom. The van der Waals surface area contributed by atoms with Gasteiger partial charge >= 0.3 is 0 Å². The number of hydrogen-bond acceptors (Lipinski definition) is 3. The first-order chi connectivity index (χ1) is 14.0. The van der Waals surface area contributed by atoms with Crippen LogP contribution in [0.3, 0.4) is 0 Å². The van der Waals surface area contributed by atoms with Crippen LogP contribution in [0, 0.1) is 12.8 Å². The van der Waals surface area contributed by atoms with E-state index in [2.05, 4.69) is 18.3 Å². The molecule has 2 N–H and O–H groups in total. The highest BCUT2D eigenvalue weighted by Gasteiger charge is 2.26. The molecule has 1 saturated carbocycles. The second-order valence-electron chi connectivity index (χ2n) is 8.11. The fraction of sp³-hybridized carbons (Fsp3) is 0.440. The average Bonchev–Trinajstić information content (AvgIpc) is 3.54. The van der Waals surface area contributed by atoms with Crippen molar-refractivity contribution in [2.45, 2.75) is 58.0 Å². The summed E-state index contributed by atoms with van der Waals surface area (Å²) in [4.78, 5) is 12.5. The van der Waals surface area contributed by atoms with Gasteiger partial charge in [-0.1, -0.05) is 38.1 Å². The minimum absolute atomic E-state index is 0.0499. The standard InChI is InChI=1S/C25H31NO3/c1-4-18(3)29-22-7-5-6-19(15-22)12-13-26-25(28)17(2)14-20-8-11-24(27)23(16-20)21-9-10-21/h5-8,11,15-18,21H,3-4,9-10,12-14H2,1-2H3,(H-,26,27,28)/p+1. The van der Waals surface area contributed by atoms with E-state index in [1.807, 2.05) is 44.2 Å². The van der Waals surface area contributed by atoms with Crippen molar-refractivity contribution in [3.05, 3.63) is 66.1 Å². The number of nitrogens with one attached hydrogen (secondary N) is 1. The molecule has 4 heteroatoms. The fourth-order valence-electron chi connectivity index (χ4n) is 3.45. The molecule has 1 amide bonds. The van der Waals surface area contributed by atoms with Crippen molar-refractivity contribution in [1.29, 1.82) is 0 Å². The summed E-state index contributed by atoms with van der Waals surface area (Å²) in [6.45, 7) is 8.54. The van der Waals surface area contributed by atoms with E-state index in [1.165, 1.54) is 0 Å². The lowest BCUT2D eigenvalue weighted by Crippen LogP contribution is -2.31. The van der Waals surface area contributed by atoms with Crippen LogP contribution in [0.25, 0.3) is 0 Å². The van der Waals surface area contributed by atoms with Crippen LogP contribution in [-0.4, -0.2) is 23.7 Å². The van der Waals surface area contributed by atoms with E-state index >= 15 is 0 Å². The number of ether oxygens (including phenoxy) is 1. The molecular weight excluding hydrogens is 362 g/mol. The lowest BCUT2D eigenvalue weighted by molar-refractivity contribution is -0.124. The molecule has 0 bridgehead atoms. The molecule has 0 heterocycles. The molecule has 2 atom stereocenters. The van der Waals surface area contributed by atoms with Crippen LogP contribution < -0.4 is 10.1 Å². The van der Waals surface area contributed by atoms with Crippen LogP contribution in [0.2, 0.25) is 0 Å². The predicted octanol–water partition coefficient (Wildman–Crippen LogP) is 4.80. The highest BCUT2D eigenvalue weighted by molar-refractivity contribution is 5.78. The first-order valence-electron chi connectivity index (χ1n) is 10.6. The maximum absolute atomic E-state index is 12.5. The summed E-state index contributed by atoms with van der Waals surface area (Å²) < 4.78 is 5.76. The molecule has 1 aliphatic rings. The van der Waals surface area contributed by atoms with E-state index in [9.17, 15) is 9.90 Å². The SMILES string of the molecule is [CH2+]C(CC)Oc1cccc(CCNC(=O)C(C)Cc2ccc(O)c(C3CC3)c2)c1. The molecular formula is C25H32NO3+. The number of rotatable bonds is 10. The second kappa shape index (κ2) is 9.73. The van der Waals surface area contributed by atoms with Crippen molar-refractivity contribution in [3.8, 4) is 11.5 Å². The Labute approximate surface area is 174 Å². The fourth-order valence-corrected chi connectivity index (χ4v) is 3.45. The molecule has 0 aromatic heterocycles. The van der Waals surface area contributed by atoms with E-state index in [0.717, 1.165) is 48.1 Å². The topological polar surface area (TPSA) is 58.6 Å². The van der Waals surface area contributed by atoms with Crippen molar-refractivity contribution in [3.63, 3.8) is 0 Å². The minimum atomic E-state index is -0.113. The number of amides is 1. The summed E-state index contributed by atoms with van der Waals surface area (Å²) in [5.74, 6) is 1.64. The van der Waals surface area contributed by atoms with Crippen molar-refractivity contribution in [1.82, 2.24) is 5.32 Å². The van der Waals surface area contributed by atoms with Gasteiger partial charge in [0.2, 0.25) is 12.0 Å². The molecule has 4 nitrogen and oxygen atoms in total. The number of benzene rings is 2. The van der Waals surface area contributed by atoms with Crippen molar-refractivity contribution >= 4 is 5.91 Å². The summed E-state index contributed by atoms with van der Waals surface area (Å²) in [6.07, 6.45) is 4.54. The van der Waals surface area contributed by atoms with Crippen molar-refractivity contribution in [2.24, 2.45) is 5.92 Å². The molecule has 0 spiro atoms. The number of aromatic hydroxyl groups is 1. The largest absolute Gasteiger partial charge is 0.508 e. The second-order valence-corrected chi connectivity index (χ2v) is 8.11. The number of hydrogen-bond donors (Lipinski definition) is 2. The van der Waals surface area contributed by atoms with Crippen LogP contribution in [0.4, 0.5) is 0 Å². The van der Waals surface area contributed by atoms with Crippen LogP contribution in [0.5, 0.6) is 11.5 Å². The first-order valence-corrected chi connectivity index (χ1v) is 10.6. The van der Waals surface area contributed by atoms with Crippen molar-refractivity contribution < 1.29 is 14.6 Å². The Morgan fingerprint density at radius 2 is 2.03 bits per heavy atom. The monoisotopic (exact) mass is 394 g/mol. The van der Waals surface area contributed by atoms with Gasteiger partial charge in [0.25, 0.3) is 0 Å². The lowest BCUT2D eigenvalue weighted by Gasteiger charge is -2.14. The Balaban J connectivity index is 1.47.